The second-order valence-electron chi connectivity index (χ2n) is 5.39. The van der Waals surface area contributed by atoms with Gasteiger partial charge in [-0.3, -0.25) is 14.5 Å². The molecule has 3 nitrogen and oxygen atoms in total. The molecule has 2 amide bonds. The van der Waals surface area contributed by atoms with E-state index in [0.29, 0.717) is 11.4 Å². The first-order valence-electron chi connectivity index (χ1n) is 7.48. The Bertz CT molecular complexity index is 749. The molecule has 0 spiro atoms. The van der Waals surface area contributed by atoms with E-state index < -0.39 is 0 Å². The third-order valence-electron chi connectivity index (χ3n) is 3.73. The third-order valence-corrected chi connectivity index (χ3v) is 5.60. The molecule has 118 valence electrons. The zero-order chi connectivity index (χ0) is 16.2. The summed E-state index contributed by atoms with van der Waals surface area (Å²) in [6.07, 6.45) is 3.49. The van der Waals surface area contributed by atoms with Gasteiger partial charge < -0.3 is 0 Å². The van der Waals surface area contributed by atoms with Gasteiger partial charge in [0.25, 0.3) is 11.1 Å². The smallest absolute Gasteiger partial charge is 0.268 e. The summed E-state index contributed by atoms with van der Waals surface area (Å²) in [4.78, 5) is 27.4. The SMILES string of the molecule is Cc1ccsc1/C=C1/SC(=O)N(CCCc2ccccc2)C1=O. The summed E-state index contributed by atoms with van der Waals surface area (Å²) in [5.41, 5.74) is 2.36. The van der Waals surface area contributed by atoms with Crippen molar-refractivity contribution in [1.29, 1.82) is 0 Å². The summed E-state index contributed by atoms with van der Waals surface area (Å²) in [6.45, 7) is 2.48. The zero-order valence-electron chi connectivity index (χ0n) is 12.8. The molecule has 3 rings (SSSR count). The molecular formula is C18H17NO2S2. The van der Waals surface area contributed by atoms with E-state index in [0.717, 1.165) is 35.0 Å². The molecule has 0 aliphatic carbocycles. The number of nitrogens with zero attached hydrogens (tertiary/aromatic N) is 1. The fraction of sp³-hybridized carbons (Fsp3) is 0.222. The number of thioether (sulfide) groups is 1. The quantitative estimate of drug-likeness (QED) is 0.737. The van der Waals surface area contributed by atoms with Crippen molar-refractivity contribution in [2.24, 2.45) is 0 Å². The van der Waals surface area contributed by atoms with Gasteiger partial charge in [0.2, 0.25) is 0 Å². The second kappa shape index (κ2) is 7.15. The average Bonchev–Trinajstić information content (AvgIpc) is 3.07. The van der Waals surface area contributed by atoms with E-state index in [-0.39, 0.29) is 11.1 Å². The maximum atomic E-state index is 12.4. The Labute approximate surface area is 144 Å². The number of imide groups is 1. The molecule has 23 heavy (non-hydrogen) atoms. The molecule has 1 saturated heterocycles. The molecular weight excluding hydrogens is 326 g/mol. The van der Waals surface area contributed by atoms with Crippen LogP contribution in [0.15, 0.2) is 46.7 Å². The van der Waals surface area contributed by atoms with Crippen LogP contribution < -0.4 is 0 Å². The Hall–Kier alpha value is -1.85. The van der Waals surface area contributed by atoms with Gasteiger partial charge in [0, 0.05) is 11.4 Å². The number of hydrogen-bond donors (Lipinski definition) is 0. The van der Waals surface area contributed by atoms with Crippen molar-refractivity contribution in [1.82, 2.24) is 4.90 Å². The standard InChI is InChI=1S/C18H17NO2S2/c1-13-9-11-22-15(13)12-16-17(20)19(18(21)23-16)10-5-8-14-6-3-2-4-7-14/h2-4,6-7,9,11-12H,5,8,10H2,1H3/b16-12+. The monoisotopic (exact) mass is 343 g/mol. The van der Waals surface area contributed by atoms with E-state index in [9.17, 15) is 9.59 Å². The van der Waals surface area contributed by atoms with Crippen molar-refractivity contribution >= 4 is 40.3 Å². The minimum atomic E-state index is -0.166. The first-order chi connectivity index (χ1) is 11.1. The van der Waals surface area contributed by atoms with Crippen LogP contribution >= 0.6 is 23.1 Å². The van der Waals surface area contributed by atoms with E-state index in [2.05, 4.69) is 12.1 Å². The summed E-state index contributed by atoms with van der Waals surface area (Å²) in [7, 11) is 0. The van der Waals surface area contributed by atoms with Crippen LogP contribution in [-0.4, -0.2) is 22.6 Å². The van der Waals surface area contributed by atoms with Gasteiger partial charge in [0.1, 0.15) is 0 Å². The number of benzene rings is 1. The summed E-state index contributed by atoms with van der Waals surface area (Å²) >= 11 is 2.62. The van der Waals surface area contributed by atoms with E-state index in [1.54, 1.807) is 11.3 Å². The minimum Gasteiger partial charge on any atom is -0.268 e. The van der Waals surface area contributed by atoms with Crippen LogP contribution in [0.2, 0.25) is 0 Å². The van der Waals surface area contributed by atoms with E-state index >= 15 is 0 Å². The Balaban J connectivity index is 1.63. The maximum Gasteiger partial charge on any atom is 0.293 e. The number of aryl methyl sites for hydroxylation is 2. The van der Waals surface area contributed by atoms with Gasteiger partial charge in [0.15, 0.2) is 0 Å². The van der Waals surface area contributed by atoms with Crippen LogP contribution in [0, 0.1) is 6.92 Å². The van der Waals surface area contributed by atoms with Crippen molar-refractivity contribution in [3.05, 3.63) is 62.7 Å². The lowest BCUT2D eigenvalue weighted by atomic mass is 10.1. The number of hydrogen-bond acceptors (Lipinski definition) is 4. The molecule has 1 aliphatic rings. The van der Waals surface area contributed by atoms with Crippen LogP contribution in [0.1, 0.15) is 22.4 Å². The summed E-state index contributed by atoms with van der Waals surface area (Å²) in [5.74, 6) is -0.166. The number of carbonyl (C=O) groups excluding carboxylic acids is 2. The summed E-state index contributed by atoms with van der Waals surface area (Å²) < 4.78 is 0. The van der Waals surface area contributed by atoms with Gasteiger partial charge in [-0.05, 0) is 60.2 Å². The Morgan fingerprint density at radius 1 is 1.13 bits per heavy atom. The highest BCUT2D eigenvalue weighted by molar-refractivity contribution is 8.18. The Morgan fingerprint density at radius 3 is 2.61 bits per heavy atom. The number of rotatable bonds is 5. The minimum absolute atomic E-state index is 0.163. The lowest BCUT2D eigenvalue weighted by Gasteiger charge is -2.12. The van der Waals surface area contributed by atoms with Crippen LogP contribution in [0.5, 0.6) is 0 Å². The van der Waals surface area contributed by atoms with E-state index in [4.69, 9.17) is 0 Å². The van der Waals surface area contributed by atoms with Crippen molar-refractivity contribution in [3.8, 4) is 0 Å². The van der Waals surface area contributed by atoms with Crippen LogP contribution in [0.4, 0.5) is 4.79 Å². The Morgan fingerprint density at radius 2 is 1.91 bits per heavy atom. The van der Waals surface area contributed by atoms with Gasteiger partial charge in [-0.15, -0.1) is 11.3 Å². The number of amides is 2. The topological polar surface area (TPSA) is 37.4 Å². The summed E-state index contributed by atoms with van der Waals surface area (Å²) in [6, 6.07) is 12.1. The Kier molecular flexibility index (Phi) is 4.98. The van der Waals surface area contributed by atoms with Gasteiger partial charge >= 0.3 is 0 Å². The highest BCUT2D eigenvalue weighted by Crippen LogP contribution is 2.33. The summed E-state index contributed by atoms with van der Waals surface area (Å²) in [5, 5.41) is 1.83. The van der Waals surface area contributed by atoms with Gasteiger partial charge in [-0.25, -0.2) is 0 Å². The first-order valence-corrected chi connectivity index (χ1v) is 9.18. The first kappa shape index (κ1) is 16.0. The molecule has 0 N–H and O–H groups in total. The molecule has 0 bridgehead atoms. The molecule has 1 aliphatic heterocycles. The molecule has 2 heterocycles. The van der Waals surface area contributed by atoms with Crippen molar-refractivity contribution in [2.45, 2.75) is 19.8 Å². The van der Waals surface area contributed by atoms with Gasteiger partial charge in [-0.2, -0.15) is 0 Å². The lowest BCUT2D eigenvalue weighted by molar-refractivity contribution is -0.122. The molecule has 0 atom stereocenters. The molecule has 0 unspecified atom stereocenters. The number of carbonyl (C=O) groups is 2. The third kappa shape index (κ3) is 3.74. The molecule has 0 saturated carbocycles. The molecule has 1 aromatic carbocycles. The highest BCUT2D eigenvalue weighted by atomic mass is 32.2. The predicted molar refractivity (Wildman–Crippen MR) is 96.5 cm³/mol. The van der Waals surface area contributed by atoms with Gasteiger partial charge in [-0.1, -0.05) is 30.3 Å². The van der Waals surface area contributed by atoms with Crippen molar-refractivity contribution in [3.63, 3.8) is 0 Å². The van der Waals surface area contributed by atoms with Crippen molar-refractivity contribution in [2.75, 3.05) is 6.54 Å². The normalized spacial score (nSPS) is 16.6. The highest BCUT2D eigenvalue weighted by Gasteiger charge is 2.34. The van der Waals surface area contributed by atoms with E-state index in [1.165, 1.54) is 10.5 Å². The molecule has 5 heteroatoms. The van der Waals surface area contributed by atoms with Crippen LogP contribution in [-0.2, 0) is 11.2 Å². The fourth-order valence-corrected chi connectivity index (χ4v) is 4.21. The van der Waals surface area contributed by atoms with E-state index in [1.807, 2.05) is 42.6 Å². The maximum absolute atomic E-state index is 12.4. The molecule has 1 aromatic heterocycles. The number of thiophene rings is 1. The molecule has 2 aromatic rings. The van der Waals surface area contributed by atoms with Crippen LogP contribution in [0.3, 0.4) is 0 Å². The zero-order valence-corrected chi connectivity index (χ0v) is 14.5. The van der Waals surface area contributed by atoms with Gasteiger partial charge in [0.05, 0.1) is 4.91 Å². The average molecular weight is 343 g/mol. The molecule has 0 radical (unpaired) electrons. The lowest BCUT2D eigenvalue weighted by Crippen LogP contribution is -2.29. The predicted octanol–water partition coefficient (Wildman–Crippen LogP) is 4.73. The largest absolute Gasteiger partial charge is 0.293 e. The molecule has 1 fully saturated rings. The van der Waals surface area contributed by atoms with Crippen molar-refractivity contribution < 1.29 is 9.59 Å². The fourth-order valence-electron chi connectivity index (χ4n) is 2.43. The second-order valence-corrected chi connectivity index (χ2v) is 7.33. The van der Waals surface area contributed by atoms with Crippen LogP contribution in [0.25, 0.3) is 6.08 Å².